The van der Waals surface area contributed by atoms with Crippen LogP contribution in [0, 0.1) is 0 Å². The van der Waals surface area contributed by atoms with Crippen LogP contribution in [0.3, 0.4) is 0 Å². The molecule has 0 aromatic carbocycles. The van der Waals surface area contributed by atoms with Crippen LogP contribution in [0.15, 0.2) is 4.52 Å². The van der Waals surface area contributed by atoms with Crippen LogP contribution in [0.5, 0.6) is 0 Å². The van der Waals surface area contributed by atoms with E-state index >= 15 is 0 Å². The number of hydrogen-bond acceptors (Lipinski definition) is 5. The van der Waals surface area contributed by atoms with Gasteiger partial charge in [-0.2, -0.15) is 13.8 Å². The Balaban J connectivity index is 2.12. The minimum Gasteiger partial charge on any atom is -0.367 e. The number of nitrogens with zero attached hydrogens (tertiary/aromatic N) is 2. The SMILES string of the molecule is FC(F)(Br)c1nc(C2CNCCO2)no1. The van der Waals surface area contributed by atoms with Crippen LogP contribution in [0.4, 0.5) is 8.78 Å². The van der Waals surface area contributed by atoms with Gasteiger partial charge < -0.3 is 14.6 Å². The van der Waals surface area contributed by atoms with Gasteiger partial charge in [-0.05, 0) is 0 Å². The molecule has 1 saturated heterocycles. The molecule has 0 bridgehead atoms. The minimum absolute atomic E-state index is 0.135. The van der Waals surface area contributed by atoms with E-state index in [-0.39, 0.29) is 5.82 Å². The predicted molar refractivity (Wildman–Crippen MR) is 48.7 cm³/mol. The summed E-state index contributed by atoms with van der Waals surface area (Å²) < 4.78 is 35.1. The molecule has 1 aliphatic rings. The third kappa shape index (κ3) is 2.50. The Bertz CT molecular complexity index is 335. The Morgan fingerprint density at radius 1 is 1.53 bits per heavy atom. The first-order valence-electron chi connectivity index (χ1n) is 4.30. The van der Waals surface area contributed by atoms with E-state index in [4.69, 9.17) is 4.74 Å². The summed E-state index contributed by atoms with van der Waals surface area (Å²) in [6.45, 7) is 1.72. The standard InChI is InChI=1S/C7H8BrF2N3O2/c8-7(9,10)6-12-5(13-15-6)4-3-11-1-2-14-4/h4,11H,1-3H2. The number of nitrogens with one attached hydrogen (secondary N) is 1. The van der Waals surface area contributed by atoms with Crippen LogP contribution in [0.1, 0.15) is 17.8 Å². The van der Waals surface area contributed by atoms with Gasteiger partial charge in [-0.1, -0.05) is 5.16 Å². The molecule has 2 heterocycles. The summed E-state index contributed by atoms with van der Waals surface area (Å²) in [5, 5.41) is 6.48. The summed E-state index contributed by atoms with van der Waals surface area (Å²) >= 11 is 2.14. The number of ether oxygens (including phenoxy) is 1. The number of halogens is 3. The smallest absolute Gasteiger partial charge is 0.367 e. The van der Waals surface area contributed by atoms with Gasteiger partial charge in [-0.15, -0.1) is 0 Å². The highest BCUT2D eigenvalue weighted by Crippen LogP contribution is 2.33. The normalized spacial score (nSPS) is 23.0. The Kier molecular flexibility index (Phi) is 2.98. The van der Waals surface area contributed by atoms with Gasteiger partial charge in [0, 0.05) is 29.0 Å². The quantitative estimate of drug-likeness (QED) is 0.826. The molecule has 1 fully saturated rings. The first-order chi connectivity index (χ1) is 7.07. The van der Waals surface area contributed by atoms with Crippen molar-refractivity contribution in [1.29, 1.82) is 0 Å². The maximum atomic E-state index is 12.7. The van der Waals surface area contributed by atoms with E-state index in [1.807, 2.05) is 0 Å². The van der Waals surface area contributed by atoms with Crippen molar-refractivity contribution < 1.29 is 18.0 Å². The zero-order valence-corrected chi connectivity index (χ0v) is 9.13. The van der Waals surface area contributed by atoms with Gasteiger partial charge in [0.05, 0.1) is 6.61 Å². The van der Waals surface area contributed by atoms with Crippen LogP contribution in [-0.2, 0) is 9.57 Å². The molecule has 0 spiro atoms. The zero-order chi connectivity index (χ0) is 10.9. The predicted octanol–water partition coefficient (Wildman–Crippen LogP) is 1.17. The summed E-state index contributed by atoms with van der Waals surface area (Å²) in [7, 11) is 0. The van der Waals surface area contributed by atoms with E-state index in [1.54, 1.807) is 0 Å². The van der Waals surface area contributed by atoms with Crippen molar-refractivity contribution in [3.63, 3.8) is 0 Å². The lowest BCUT2D eigenvalue weighted by atomic mass is 10.3. The third-order valence-electron chi connectivity index (χ3n) is 1.90. The van der Waals surface area contributed by atoms with Crippen molar-refractivity contribution in [1.82, 2.24) is 15.5 Å². The molecule has 84 valence electrons. The molecule has 5 nitrogen and oxygen atoms in total. The Morgan fingerprint density at radius 3 is 2.87 bits per heavy atom. The fourth-order valence-corrected chi connectivity index (χ4v) is 1.37. The van der Waals surface area contributed by atoms with E-state index in [0.717, 1.165) is 6.54 Å². The Hall–Kier alpha value is -0.600. The van der Waals surface area contributed by atoms with Crippen LogP contribution < -0.4 is 5.32 Å². The second-order valence-electron chi connectivity index (χ2n) is 3.02. The van der Waals surface area contributed by atoms with Crippen molar-refractivity contribution >= 4 is 15.9 Å². The Labute approximate surface area is 92.3 Å². The van der Waals surface area contributed by atoms with Crippen LogP contribution in [0.25, 0.3) is 0 Å². The molecule has 1 aliphatic heterocycles. The van der Waals surface area contributed by atoms with Crippen molar-refractivity contribution in [3.8, 4) is 0 Å². The monoisotopic (exact) mass is 283 g/mol. The van der Waals surface area contributed by atoms with Crippen LogP contribution in [-0.4, -0.2) is 29.8 Å². The summed E-state index contributed by atoms with van der Waals surface area (Å²) in [5.74, 6) is -0.622. The van der Waals surface area contributed by atoms with Gasteiger partial charge in [0.1, 0.15) is 6.10 Å². The van der Waals surface area contributed by atoms with Crippen LogP contribution in [0.2, 0.25) is 0 Å². The fourth-order valence-electron chi connectivity index (χ4n) is 1.21. The zero-order valence-electron chi connectivity index (χ0n) is 7.54. The lowest BCUT2D eigenvalue weighted by molar-refractivity contribution is 0.0208. The first-order valence-corrected chi connectivity index (χ1v) is 5.10. The van der Waals surface area contributed by atoms with Gasteiger partial charge in [0.2, 0.25) is 5.82 Å². The van der Waals surface area contributed by atoms with E-state index in [2.05, 4.69) is 35.9 Å². The second-order valence-corrected chi connectivity index (χ2v) is 4.01. The second kappa shape index (κ2) is 4.11. The van der Waals surface area contributed by atoms with Gasteiger partial charge >= 0.3 is 10.7 Å². The number of hydrogen-bond donors (Lipinski definition) is 1. The maximum absolute atomic E-state index is 12.7. The molecule has 0 amide bonds. The molecule has 1 aromatic heterocycles. The lowest BCUT2D eigenvalue weighted by Gasteiger charge is -2.20. The molecule has 1 aromatic rings. The minimum atomic E-state index is -3.29. The summed E-state index contributed by atoms with van der Waals surface area (Å²) in [5.41, 5.74) is 0. The average Bonchev–Trinajstić information content (AvgIpc) is 2.67. The number of rotatable bonds is 2. The van der Waals surface area contributed by atoms with Crippen molar-refractivity contribution in [3.05, 3.63) is 11.7 Å². The van der Waals surface area contributed by atoms with Gasteiger partial charge in [0.25, 0.3) is 0 Å². The highest BCUT2D eigenvalue weighted by molar-refractivity contribution is 9.09. The van der Waals surface area contributed by atoms with Crippen molar-refractivity contribution in [2.24, 2.45) is 0 Å². The largest absolute Gasteiger partial charge is 0.378 e. The molecule has 15 heavy (non-hydrogen) atoms. The first kappa shape index (κ1) is 10.9. The molecule has 1 atom stereocenters. The van der Waals surface area contributed by atoms with Gasteiger partial charge in [-0.25, -0.2) is 0 Å². The molecule has 2 rings (SSSR count). The summed E-state index contributed by atoms with van der Waals surface area (Å²) in [4.78, 5) is 0.274. The number of morpholine rings is 1. The lowest BCUT2D eigenvalue weighted by Crippen LogP contribution is -2.33. The molecular weight excluding hydrogens is 276 g/mol. The summed E-state index contributed by atoms with van der Waals surface area (Å²) in [6, 6.07) is 0. The van der Waals surface area contributed by atoms with Crippen molar-refractivity contribution in [2.45, 2.75) is 10.9 Å². The van der Waals surface area contributed by atoms with E-state index < -0.39 is 16.8 Å². The molecule has 1 N–H and O–H groups in total. The molecule has 0 aliphatic carbocycles. The molecular formula is C7H8BrF2N3O2. The molecule has 1 unspecified atom stereocenters. The van der Waals surface area contributed by atoms with Gasteiger partial charge in [0.15, 0.2) is 0 Å². The maximum Gasteiger partial charge on any atom is 0.378 e. The highest BCUT2D eigenvalue weighted by atomic mass is 79.9. The van der Waals surface area contributed by atoms with Crippen molar-refractivity contribution in [2.75, 3.05) is 19.7 Å². The van der Waals surface area contributed by atoms with Gasteiger partial charge in [-0.3, -0.25) is 0 Å². The fraction of sp³-hybridized carbons (Fsp3) is 0.714. The topological polar surface area (TPSA) is 60.2 Å². The molecule has 8 heteroatoms. The summed E-state index contributed by atoms with van der Waals surface area (Å²) in [6.07, 6.45) is -0.425. The highest BCUT2D eigenvalue weighted by Gasteiger charge is 2.36. The Morgan fingerprint density at radius 2 is 2.33 bits per heavy atom. The van der Waals surface area contributed by atoms with E-state index in [0.29, 0.717) is 13.2 Å². The van der Waals surface area contributed by atoms with Crippen LogP contribution >= 0.6 is 15.9 Å². The third-order valence-corrected chi connectivity index (χ3v) is 2.24. The molecule has 0 saturated carbocycles. The number of alkyl halides is 3. The average molecular weight is 284 g/mol. The number of aromatic nitrogens is 2. The van der Waals surface area contributed by atoms with E-state index in [1.165, 1.54) is 0 Å². The molecule has 0 radical (unpaired) electrons. The van der Waals surface area contributed by atoms with E-state index in [9.17, 15) is 8.78 Å².